The van der Waals surface area contributed by atoms with Crippen molar-refractivity contribution in [3.8, 4) is 0 Å². The van der Waals surface area contributed by atoms with Gasteiger partial charge in [0, 0.05) is 50.9 Å². The molecular formula is C35H67N4O9P. The number of Topliss-reactive ketones (excluding diaryl/α,β-unsaturated/α-hetero) is 1. The van der Waals surface area contributed by atoms with Gasteiger partial charge in [0.25, 0.3) is 0 Å². The number of ketones is 1. The van der Waals surface area contributed by atoms with Crippen LogP contribution in [0, 0.1) is 0 Å². The van der Waals surface area contributed by atoms with Crippen molar-refractivity contribution in [1.29, 1.82) is 0 Å². The Morgan fingerprint density at radius 3 is 1.90 bits per heavy atom. The molecule has 3 N–H and O–H groups in total. The molecule has 14 heteroatoms. The molecule has 0 spiro atoms. The Morgan fingerprint density at radius 2 is 1.29 bits per heavy atom. The number of rotatable bonds is 25. The van der Waals surface area contributed by atoms with E-state index in [-0.39, 0.29) is 67.9 Å². The van der Waals surface area contributed by atoms with Crippen LogP contribution in [0.2, 0.25) is 0 Å². The lowest BCUT2D eigenvalue weighted by Crippen LogP contribution is -2.39. The van der Waals surface area contributed by atoms with Crippen LogP contribution in [0.1, 0.15) is 120 Å². The molecule has 0 radical (unpaired) electrons. The molecule has 2 amide bonds. The number of phosphoric ester groups is 1. The predicted octanol–water partition coefficient (Wildman–Crippen LogP) is 4.59. The molecule has 0 bridgehead atoms. The van der Waals surface area contributed by atoms with Crippen molar-refractivity contribution >= 4 is 25.4 Å². The van der Waals surface area contributed by atoms with Gasteiger partial charge in [-0.25, -0.2) is 4.57 Å². The maximum atomic E-state index is 13.2. The highest BCUT2D eigenvalue weighted by molar-refractivity contribution is 7.47. The first-order chi connectivity index (χ1) is 23.1. The zero-order valence-electron chi connectivity index (χ0n) is 31.5. The first kappa shape index (κ1) is 43.7. The van der Waals surface area contributed by atoms with Crippen molar-refractivity contribution in [3.63, 3.8) is 0 Å². The molecule has 0 aliphatic carbocycles. The minimum Gasteiger partial charge on any atom is -0.377 e. The van der Waals surface area contributed by atoms with Crippen LogP contribution in [0.3, 0.4) is 0 Å². The third-order valence-corrected chi connectivity index (χ3v) is 9.65. The molecule has 49 heavy (non-hydrogen) atoms. The van der Waals surface area contributed by atoms with Crippen LogP contribution in [-0.4, -0.2) is 120 Å². The molecular weight excluding hydrogens is 651 g/mol. The number of likely N-dealkylation sites (tertiary alicyclic amines) is 2. The molecule has 286 valence electrons. The summed E-state index contributed by atoms with van der Waals surface area (Å²) < 4.78 is 36.1. The van der Waals surface area contributed by atoms with Gasteiger partial charge in [0.05, 0.1) is 49.7 Å². The number of carbonyl (C=O) groups is 3. The lowest BCUT2D eigenvalue weighted by molar-refractivity contribution is -0.135. The average Bonchev–Trinajstić information content (AvgIpc) is 3.60. The number of amides is 2. The van der Waals surface area contributed by atoms with Crippen LogP contribution in [0.15, 0.2) is 0 Å². The maximum absolute atomic E-state index is 13.2. The highest BCUT2D eigenvalue weighted by atomic mass is 31.2. The van der Waals surface area contributed by atoms with Gasteiger partial charge in [-0.05, 0) is 72.9 Å². The fraction of sp³-hybridized carbons (Fsp3) is 0.914. The van der Waals surface area contributed by atoms with Gasteiger partial charge in [0.2, 0.25) is 11.8 Å². The summed E-state index contributed by atoms with van der Waals surface area (Å²) in [5, 5.41) is 6.67. The monoisotopic (exact) mass is 718 g/mol. The summed E-state index contributed by atoms with van der Waals surface area (Å²) in [7, 11) is -4.54. The van der Waals surface area contributed by atoms with Crippen LogP contribution in [-0.2, 0) is 37.5 Å². The molecule has 0 aromatic heterocycles. The number of hydrogen-bond acceptors (Lipinski definition) is 10. The van der Waals surface area contributed by atoms with E-state index >= 15 is 0 Å². The van der Waals surface area contributed by atoms with Crippen LogP contribution >= 0.6 is 7.82 Å². The summed E-state index contributed by atoms with van der Waals surface area (Å²) in [6, 6.07) is 0.0111. The summed E-state index contributed by atoms with van der Waals surface area (Å²) in [5.41, 5.74) is 0. The fourth-order valence-corrected chi connectivity index (χ4v) is 7.19. The van der Waals surface area contributed by atoms with Crippen LogP contribution in [0.25, 0.3) is 0 Å². The lowest BCUT2D eigenvalue weighted by atomic mass is 10.1. The van der Waals surface area contributed by atoms with Crippen LogP contribution in [0.4, 0.5) is 0 Å². The Labute approximate surface area is 295 Å². The normalized spacial score (nSPS) is 22.6. The van der Waals surface area contributed by atoms with E-state index in [1.807, 2.05) is 27.7 Å². The van der Waals surface area contributed by atoms with Gasteiger partial charge in [0.1, 0.15) is 5.78 Å². The van der Waals surface area contributed by atoms with E-state index in [0.717, 1.165) is 38.8 Å². The van der Waals surface area contributed by atoms with Crippen molar-refractivity contribution in [2.45, 2.75) is 168 Å². The Hall–Kier alpha value is -1.44. The van der Waals surface area contributed by atoms with E-state index in [2.05, 4.69) is 38.3 Å². The molecule has 2 heterocycles. The second-order valence-corrected chi connectivity index (χ2v) is 16.1. The van der Waals surface area contributed by atoms with E-state index in [0.29, 0.717) is 50.9 Å². The number of phosphoric acid groups is 1. The van der Waals surface area contributed by atoms with Crippen molar-refractivity contribution in [3.05, 3.63) is 0 Å². The zero-order valence-corrected chi connectivity index (χ0v) is 32.4. The number of nitrogens with zero attached hydrogens (tertiary/aromatic N) is 2. The molecule has 0 aromatic rings. The van der Waals surface area contributed by atoms with Crippen molar-refractivity contribution in [1.82, 2.24) is 20.4 Å². The smallest absolute Gasteiger partial charge is 0.377 e. The van der Waals surface area contributed by atoms with E-state index in [1.165, 1.54) is 0 Å². The van der Waals surface area contributed by atoms with Crippen LogP contribution < -0.4 is 10.6 Å². The second kappa shape index (κ2) is 22.5. The molecule has 2 aliphatic rings. The summed E-state index contributed by atoms with van der Waals surface area (Å²) >= 11 is 0. The number of unbranched alkanes of at least 4 members (excludes halogenated alkanes) is 2. The van der Waals surface area contributed by atoms with Gasteiger partial charge in [0.15, 0.2) is 0 Å². The van der Waals surface area contributed by atoms with Crippen molar-refractivity contribution in [2.24, 2.45) is 0 Å². The average molecular weight is 719 g/mol. The third-order valence-electron chi connectivity index (χ3n) is 8.61. The minimum absolute atomic E-state index is 0.0176. The van der Waals surface area contributed by atoms with Crippen molar-refractivity contribution < 1.29 is 42.4 Å². The number of hydrogen-bond donors (Lipinski definition) is 3. The largest absolute Gasteiger partial charge is 0.472 e. The molecule has 13 nitrogen and oxygen atoms in total. The summed E-state index contributed by atoms with van der Waals surface area (Å²) in [6.45, 7) is 18.2. The Kier molecular flexibility index (Phi) is 20.1. The molecule has 2 saturated heterocycles. The zero-order chi connectivity index (χ0) is 36.6. The van der Waals surface area contributed by atoms with Crippen LogP contribution in [0.5, 0.6) is 0 Å². The Morgan fingerprint density at radius 1 is 0.714 bits per heavy atom. The van der Waals surface area contributed by atoms with Crippen molar-refractivity contribution in [2.75, 3.05) is 39.4 Å². The Bertz CT molecular complexity index is 1040. The summed E-state index contributed by atoms with van der Waals surface area (Å²) in [6.07, 6.45) is 4.18. The highest BCUT2D eigenvalue weighted by Crippen LogP contribution is 2.47. The van der Waals surface area contributed by atoms with E-state index in [4.69, 9.17) is 18.5 Å². The topological polar surface area (TPSA) is 156 Å². The van der Waals surface area contributed by atoms with E-state index < -0.39 is 20.0 Å². The van der Waals surface area contributed by atoms with Gasteiger partial charge in [-0.15, -0.1) is 0 Å². The molecule has 5 atom stereocenters. The van der Waals surface area contributed by atoms with Gasteiger partial charge in [-0.1, -0.05) is 34.1 Å². The molecule has 2 aliphatic heterocycles. The fourth-order valence-electron chi connectivity index (χ4n) is 6.24. The number of ether oxygens (including phenoxy) is 2. The molecule has 2 rings (SSSR count). The first-order valence-electron chi connectivity index (χ1n) is 18.6. The van der Waals surface area contributed by atoms with E-state index in [9.17, 15) is 23.8 Å². The lowest BCUT2D eigenvalue weighted by Gasteiger charge is -2.26. The van der Waals surface area contributed by atoms with Gasteiger partial charge < -0.3 is 34.8 Å². The predicted molar refractivity (Wildman–Crippen MR) is 190 cm³/mol. The second-order valence-electron chi connectivity index (χ2n) is 14.7. The Balaban J connectivity index is 1.94. The minimum atomic E-state index is -4.54. The highest BCUT2D eigenvalue weighted by Gasteiger charge is 2.42. The maximum Gasteiger partial charge on any atom is 0.472 e. The molecule has 1 unspecified atom stereocenters. The quantitative estimate of drug-likeness (QED) is 0.0897. The number of carbonyl (C=O) groups excluding carboxylic acids is 3. The molecule has 2 fully saturated rings. The SMILES string of the molecule is CC(C)NCCCCCC(=O)N1C[C@H](OP(=O)(O)OC[C@@H]2C[C@@H](OC(C)C)CN2C(=O)CCC(=O)CCCNC(C)C)C[C@H]1COC(C)C. The summed E-state index contributed by atoms with van der Waals surface area (Å²) in [5.74, 6) is -0.190. The third kappa shape index (κ3) is 18.1. The first-order valence-corrected chi connectivity index (χ1v) is 20.1. The summed E-state index contributed by atoms with van der Waals surface area (Å²) in [4.78, 5) is 53.0. The molecule has 0 saturated carbocycles. The standard InChI is InChI=1S/C35H67N4O9P/c1-25(2)36-17-11-9-10-14-34(41)39-22-33(20-29(39)23-45-27(5)6)48-49(43,44)46-24-30-19-32(47-28(7)8)21-38(30)35(42)16-15-31(40)13-12-18-37-26(3)4/h25-30,32-33,36-37H,9-24H2,1-8H3,(H,43,44)/t29-,30-,32+,33+/m0/s1. The van der Waals surface area contributed by atoms with Gasteiger partial charge >= 0.3 is 7.82 Å². The number of nitrogens with one attached hydrogen (secondary N) is 2. The van der Waals surface area contributed by atoms with Gasteiger partial charge in [-0.2, -0.15) is 0 Å². The van der Waals surface area contributed by atoms with E-state index in [1.54, 1.807) is 9.80 Å². The molecule has 0 aromatic carbocycles. The van der Waals surface area contributed by atoms with Gasteiger partial charge in [-0.3, -0.25) is 23.4 Å².